The summed E-state index contributed by atoms with van der Waals surface area (Å²) in [6, 6.07) is 17.0. The van der Waals surface area contributed by atoms with Crippen molar-refractivity contribution in [2.45, 2.75) is 0 Å². The first-order chi connectivity index (χ1) is 9.63. The van der Waals surface area contributed by atoms with Gasteiger partial charge < -0.3 is 0 Å². The Balaban J connectivity index is 2.05. The van der Waals surface area contributed by atoms with Gasteiger partial charge in [-0.3, -0.25) is 9.89 Å². The van der Waals surface area contributed by atoms with Crippen LogP contribution in [0.1, 0.15) is 0 Å². The molecule has 1 aromatic heterocycles. The summed E-state index contributed by atoms with van der Waals surface area (Å²) in [7, 11) is 0. The molecule has 0 aliphatic carbocycles. The molecule has 1 heterocycles. The molecule has 0 saturated heterocycles. The monoisotopic (exact) mass is 392 g/mol. The van der Waals surface area contributed by atoms with E-state index >= 15 is 0 Å². The number of aromatic amines is 1. The van der Waals surface area contributed by atoms with Crippen LogP contribution >= 0.6 is 31.9 Å². The summed E-state index contributed by atoms with van der Waals surface area (Å²) in [5.41, 5.74) is 2.50. The van der Waals surface area contributed by atoms with E-state index in [0.717, 1.165) is 25.9 Å². The average Bonchev–Trinajstić information content (AvgIpc) is 2.82. The van der Waals surface area contributed by atoms with Crippen LogP contribution in [0.4, 0.5) is 0 Å². The molecule has 0 spiro atoms. The van der Waals surface area contributed by atoms with E-state index in [2.05, 4.69) is 37.0 Å². The third-order valence-corrected chi connectivity index (χ3v) is 4.02. The van der Waals surface area contributed by atoms with Crippen molar-refractivity contribution >= 4 is 31.9 Å². The van der Waals surface area contributed by atoms with Crippen LogP contribution in [0, 0.1) is 0 Å². The average molecular weight is 394 g/mol. The van der Waals surface area contributed by atoms with E-state index in [0.29, 0.717) is 0 Å². The van der Waals surface area contributed by atoms with Crippen molar-refractivity contribution in [2.75, 3.05) is 0 Å². The first-order valence-electron chi connectivity index (χ1n) is 5.97. The number of aromatic nitrogens is 2. The standard InChI is InChI=1S/C15H10Br2N2O/c16-11-3-1-10(2-4-11)14-9-15(20)19(18-14)13-7-5-12(17)6-8-13/h1-9,18H. The molecule has 20 heavy (non-hydrogen) atoms. The molecular weight excluding hydrogens is 384 g/mol. The number of halogens is 2. The van der Waals surface area contributed by atoms with Gasteiger partial charge in [0.05, 0.1) is 11.4 Å². The maximum Gasteiger partial charge on any atom is 0.271 e. The quantitative estimate of drug-likeness (QED) is 0.690. The van der Waals surface area contributed by atoms with Crippen molar-refractivity contribution in [3.8, 4) is 16.9 Å². The van der Waals surface area contributed by atoms with Gasteiger partial charge in [-0.05, 0) is 42.0 Å². The summed E-state index contributed by atoms with van der Waals surface area (Å²) in [5.74, 6) is 0. The fourth-order valence-corrected chi connectivity index (χ4v) is 2.48. The van der Waals surface area contributed by atoms with Crippen molar-refractivity contribution in [3.63, 3.8) is 0 Å². The number of hydrogen-bond donors (Lipinski definition) is 1. The topological polar surface area (TPSA) is 37.8 Å². The van der Waals surface area contributed by atoms with Gasteiger partial charge in [0.1, 0.15) is 0 Å². The Hall–Kier alpha value is -1.59. The summed E-state index contributed by atoms with van der Waals surface area (Å²) >= 11 is 6.78. The largest absolute Gasteiger partial charge is 0.290 e. The zero-order valence-electron chi connectivity index (χ0n) is 10.3. The highest BCUT2D eigenvalue weighted by Gasteiger charge is 2.06. The zero-order valence-corrected chi connectivity index (χ0v) is 13.5. The molecule has 0 bridgehead atoms. The number of rotatable bonds is 2. The molecule has 0 atom stereocenters. The number of H-pyrrole nitrogens is 1. The maximum atomic E-state index is 12.1. The molecule has 1 N–H and O–H groups in total. The van der Waals surface area contributed by atoms with Crippen molar-refractivity contribution in [1.82, 2.24) is 9.78 Å². The van der Waals surface area contributed by atoms with E-state index in [9.17, 15) is 4.79 Å². The number of nitrogens with zero attached hydrogens (tertiary/aromatic N) is 1. The molecule has 3 rings (SSSR count). The van der Waals surface area contributed by atoms with Crippen LogP contribution < -0.4 is 5.56 Å². The lowest BCUT2D eigenvalue weighted by Gasteiger charge is -2.02. The lowest BCUT2D eigenvalue weighted by atomic mass is 10.2. The molecule has 100 valence electrons. The minimum Gasteiger partial charge on any atom is -0.290 e. The summed E-state index contributed by atoms with van der Waals surface area (Å²) in [4.78, 5) is 12.1. The fraction of sp³-hybridized carbons (Fsp3) is 0. The van der Waals surface area contributed by atoms with Gasteiger partial charge >= 0.3 is 0 Å². The molecule has 3 nitrogen and oxygen atoms in total. The lowest BCUT2D eigenvalue weighted by molar-refractivity contribution is 0.852. The van der Waals surface area contributed by atoms with Crippen LogP contribution in [0.3, 0.4) is 0 Å². The minimum atomic E-state index is -0.0785. The molecule has 0 amide bonds. The second kappa shape index (κ2) is 5.42. The molecule has 5 heteroatoms. The molecule has 0 aliphatic rings. The van der Waals surface area contributed by atoms with Crippen LogP contribution in [0.5, 0.6) is 0 Å². The van der Waals surface area contributed by atoms with E-state index in [1.807, 2.05) is 48.5 Å². The molecule has 0 aliphatic heterocycles. The van der Waals surface area contributed by atoms with Gasteiger partial charge in [-0.25, -0.2) is 4.68 Å². The highest BCUT2D eigenvalue weighted by atomic mass is 79.9. The molecule has 0 unspecified atom stereocenters. The Morgan fingerprint density at radius 3 is 2.00 bits per heavy atom. The first-order valence-corrected chi connectivity index (χ1v) is 7.56. The first kappa shape index (κ1) is 13.4. The van der Waals surface area contributed by atoms with Crippen LogP contribution in [-0.2, 0) is 0 Å². The van der Waals surface area contributed by atoms with Gasteiger partial charge in [0.15, 0.2) is 0 Å². The molecule has 3 aromatic rings. The number of hydrogen-bond acceptors (Lipinski definition) is 1. The SMILES string of the molecule is O=c1cc(-c2ccc(Br)cc2)[nH]n1-c1ccc(Br)cc1. The van der Waals surface area contributed by atoms with Crippen LogP contribution in [0.25, 0.3) is 16.9 Å². The highest BCUT2D eigenvalue weighted by Crippen LogP contribution is 2.20. The fourth-order valence-electron chi connectivity index (χ4n) is 1.96. The van der Waals surface area contributed by atoms with Gasteiger partial charge in [-0.15, -0.1) is 0 Å². The minimum absolute atomic E-state index is 0.0785. The summed E-state index contributed by atoms with van der Waals surface area (Å²) in [6.45, 7) is 0. The smallest absolute Gasteiger partial charge is 0.271 e. The Morgan fingerprint density at radius 1 is 0.850 bits per heavy atom. The van der Waals surface area contributed by atoms with E-state index in [1.165, 1.54) is 4.68 Å². The normalized spacial score (nSPS) is 10.7. The van der Waals surface area contributed by atoms with Crippen LogP contribution in [-0.4, -0.2) is 9.78 Å². The third kappa shape index (κ3) is 2.64. The molecular formula is C15H10Br2N2O. The van der Waals surface area contributed by atoms with Crippen LogP contribution in [0.15, 0.2) is 68.3 Å². The van der Waals surface area contributed by atoms with Crippen molar-refractivity contribution in [3.05, 3.63) is 73.9 Å². The summed E-state index contributed by atoms with van der Waals surface area (Å²) in [6.07, 6.45) is 0. The number of nitrogens with one attached hydrogen (secondary N) is 1. The van der Waals surface area contributed by atoms with Crippen molar-refractivity contribution in [2.24, 2.45) is 0 Å². The van der Waals surface area contributed by atoms with Gasteiger partial charge in [0.25, 0.3) is 5.56 Å². The molecule has 0 fully saturated rings. The molecule has 2 aromatic carbocycles. The maximum absolute atomic E-state index is 12.1. The Bertz CT molecular complexity index is 786. The second-order valence-electron chi connectivity index (χ2n) is 4.33. The predicted molar refractivity (Wildman–Crippen MR) is 87.2 cm³/mol. The predicted octanol–water partition coefficient (Wildman–Crippen LogP) is 4.36. The Morgan fingerprint density at radius 2 is 1.40 bits per heavy atom. The van der Waals surface area contributed by atoms with E-state index in [-0.39, 0.29) is 5.56 Å². The van der Waals surface area contributed by atoms with Crippen LogP contribution in [0.2, 0.25) is 0 Å². The Labute approximate surface area is 132 Å². The molecule has 0 radical (unpaired) electrons. The van der Waals surface area contributed by atoms with E-state index in [1.54, 1.807) is 6.07 Å². The Kier molecular flexibility index (Phi) is 3.63. The third-order valence-electron chi connectivity index (χ3n) is 2.96. The van der Waals surface area contributed by atoms with E-state index < -0.39 is 0 Å². The van der Waals surface area contributed by atoms with Gasteiger partial charge in [0.2, 0.25) is 0 Å². The van der Waals surface area contributed by atoms with E-state index in [4.69, 9.17) is 0 Å². The van der Waals surface area contributed by atoms with Gasteiger partial charge in [-0.1, -0.05) is 44.0 Å². The van der Waals surface area contributed by atoms with Gasteiger partial charge in [-0.2, -0.15) is 0 Å². The van der Waals surface area contributed by atoms with Crippen molar-refractivity contribution in [1.29, 1.82) is 0 Å². The van der Waals surface area contributed by atoms with Gasteiger partial charge in [0, 0.05) is 15.0 Å². The molecule has 0 saturated carbocycles. The second-order valence-corrected chi connectivity index (χ2v) is 6.16. The summed E-state index contributed by atoms with van der Waals surface area (Å²) < 4.78 is 3.52. The zero-order chi connectivity index (χ0) is 14.1. The van der Waals surface area contributed by atoms with Crippen molar-refractivity contribution < 1.29 is 0 Å². The highest BCUT2D eigenvalue weighted by molar-refractivity contribution is 9.10. The number of benzene rings is 2. The summed E-state index contributed by atoms with van der Waals surface area (Å²) in [5, 5.41) is 3.13. The lowest BCUT2D eigenvalue weighted by Crippen LogP contribution is -2.13.